The summed E-state index contributed by atoms with van der Waals surface area (Å²) in [5.41, 5.74) is 11.1. The Labute approximate surface area is 730 Å². The normalized spacial score (nSPS) is 11.2. The summed E-state index contributed by atoms with van der Waals surface area (Å²) in [5, 5.41) is 52.4. The number of carbonyl (C=O) groups is 5. The predicted octanol–water partition coefficient (Wildman–Crippen LogP) is 16.5. The predicted molar refractivity (Wildman–Crippen MR) is 496 cm³/mol. The molecule has 0 radical (unpaired) electrons. The minimum atomic E-state index is -1.06. The monoisotopic (exact) mass is 1770 g/mol. The molecule has 0 fully saturated rings. The molecule has 644 valence electrons. The first-order valence-electron chi connectivity index (χ1n) is 38.4. The van der Waals surface area contributed by atoms with E-state index in [4.69, 9.17) is 48.7 Å². The first kappa shape index (κ1) is 90.4. The van der Waals surface area contributed by atoms with Crippen molar-refractivity contribution in [3.8, 4) is 22.6 Å². The summed E-state index contributed by atoms with van der Waals surface area (Å²) in [6, 6.07) is 44.7. The van der Waals surface area contributed by atoms with Crippen molar-refractivity contribution in [3.63, 3.8) is 0 Å². The molecule has 10 aromatic carbocycles. The van der Waals surface area contributed by atoms with Crippen LogP contribution in [-0.4, -0.2) is 155 Å². The lowest BCUT2D eigenvalue weighted by Crippen LogP contribution is -2.20. The minimum absolute atomic E-state index is 0.0651. The number of nitrogens with zero attached hydrogens (tertiary/aromatic N) is 9. The van der Waals surface area contributed by atoms with Crippen LogP contribution in [0.4, 0.5) is 27.1 Å². The number of carboxylic acid groups (broad SMARTS) is 5. The number of thioether (sulfide) groups is 1. The summed E-state index contributed by atoms with van der Waals surface area (Å²) >= 11 is 20.6. The summed E-state index contributed by atoms with van der Waals surface area (Å²) in [7, 11) is 17.2. The highest BCUT2D eigenvalue weighted by molar-refractivity contribution is 7.98. The lowest BCUT2D eigenvalue weighted by atomic mass is 10.0. The second-order valence-corrected chi connectivity index (χ2v) is 32.2. The van der Waals surface area contributed by atoms with Gasteiger partial charge in [-0.2, -0.15) is 0 Å². The first-order valence-corrected chi connectivity index (χ1v) is 40.8. The number of hydrogen-bond acceptors (Lipinski definition) is 18. The molecule has 27 nitrogen and oxygen atoms in total. The molecule has 6 heterocycles. The molecule has 0 aliphatic heterocycles. The Morgan fingerprint density at radius 2 is 0.760 bits per heavy atom. The number of aryl methyl sites for hydroxylation is 3. The Kier molecular flexibility index (Phi) is 26.8. The number of carboxylic acids is 5. The van der Waals surface area contributed by atoms with E-state index in [1.54, 1.807) is 146 Å². The van der Waals surface area contributed by atoms with Gasteiger partial charge in [-0.1, -0.05) is 71.2 Å². The van der Waals surface area contributed by atoms with Crippen LogP contribution in [0.1, 0.15) is 16.7 Å². The third-order valence-corrected chi connectivity index (χ3v) is 22.7. The lowest BCUT2D eigenvalue weighted by molar-refractivity contribution is -0.138. The van der Waals surface area contributed by atoms with Crippen LogP contribution in [0.15, 0.2) is 204 Å². The standard InChI is InChI=1S/C21H17ClN2O4.C19H20N2O3.C18H17ClN2O3S.C18H17FN2O3.C17H14ClNO5/c1-23(2)20-16(22)6-5-15-19(20)24(10-18(25)26)17-9-12(13-7-8-28-11-13)3-4-14(17)21(15)27;1-11-5-7-13-15(9-11)21(10-16(22)23)18-14(19(13)24)8-6-12(2)17(18)20(3)4;1-20(2)17-13(19)7-6-12-16(17)21(9-15(22)23)14-8-10(25-3)4-5-11(14)18(12)24;1-10-4-5-11-14(8-10)21(9-15(22)23)16-12(18(11)24)6-7-13(19)17(16)20(2)3;1-23-12-7-10-15(17(24-2)14(12)18)19(8-13(20)21)11-6-4-3-5-9(11)16(10)22/h3-9,11H,10H2,1-2H3,(H,25,26);5-9H,10H2,1-4H3,(H,22,23);4-8H,9H2,1-3H3,(H,22,23);4-8H,9H2,1-3H3,(H,22,23);3-7H,8H2,1-2H3,(H,20,21). The highest BCUT2D eigenvalue weighted by Gasteiger charge is 2.27. The number of para-hydroxylation sites is 1. The van der Waals surface area contributed by atoms with Gasteiger partial charge in [0, 0.05) is 115 Å². The molecule has 16 aromatic rings. The fourth-order valence-electron chi connectivity index (χ4n) is 15.8. The maximum atomic E-state index is 14.4. The van der Waals surface area contributed by atoms with Crippen molar-refractivity contribution in [1.82, 2.24) is 22.8 Å². The molecule has 0 atom stereocenters. The molecule has 5 N–H and O–H groups in total. The van der Waals surface area contributed by atoms with Gasteiger partial charge in [-0.25, -0.2) is 4.39 Å². The Hall–Kier alpha value is -13.9. The van der Waals surface area contributed by atoms with Gasteiger partial charge in [0.2, 0.25) is 0 Å². The van der Waals surface area contributed by atoms with Crippen LogP contribution >= 0.6 is 46.6 Å². The van der Waals surface area contributed by atoms with Crippen LogP contribution in [0.25, 0.3) is 120 Å². The molecular formula is C93H85Cl3FN9O18S. The number of aromatic nitrogens is 5. The summed E-state index contributed by atoms with van der Waals surface area (Å²) in [6.45, 7) is 4.30. The van der Waals surface area contributed by atoms with Gasteiger partial charge >= 0.3 is 29.8 Å². The Morgan fingerprint density at radius 1 is 0.392 bits per heavy atom. The van der Waals surface area contributed by atoms with Gasteiger partial charge in [0.15, 0.2) is 32.9 Å². The van der Waals surface area contributed by atoms with E-state index in [0.29, 0.717) is 125 Å². The summed E-state index contributed by atoms with van der Waals surface area (Å²) in [5.74, 6) is -5.04. The SMILES string of the molecule is CN(C)c1c(Cl)ccc2c(=O)c3ccc(-c4ccoc4)cc3n(CC(=O)O)c12.COc1cc2c(=O)c3ccccc3n(CC(=O)O)c2c(OC)c1Cl.CSc1ccc2c(=O)c3ccc(Cl)c(N(C)C)c3n(CC(=O)O)c2c1.Cc1ccc2c(=O)c3ccc(C)c(N(C)C)c3n(CC(=O)O)c2c1.Cc1ccc2c(=O)c3ccc(F)c(N(C)C)c3n(CC(=O)O)c2c1. The molecular weight excluding hydrogens is 1690 g/mol. The van der Waals surface area contributed by atoms with E-state index in [-0.39, 0.29) is 87.5 Å². The zero-order chi connectivity index (χ0) is 90.9. The quantitative estimate of drug-likeness (QED) is 0.0393. The largest absolute Gasteiger partial charge is 0.495 e. The number of benzene rings is 10. The highest BCUT2D eigenvalue weighted by Crippen LogP contribution is 2.43. The third-order valence-electron chi connectivity index (χ3n) is 21.0. The van der Waals surface area contributed by atoms with E-state index < -0.39 is 35.7 Å². The number of ether oxygens (including phenoxy) is 2. The second kappa shape index (κ2) is 37.1. The molecule has 125 heavy (non-hydrogen) atoms. The molecule has 0 spiro atoms. The summed E-state index contributed by atoms with van der Waals surface area (Å²) in [4.78, 5) is 130. The molecule has 0 aliphatic rings. The van der Waals surface area contributed by atoms with Crippen LogP contribution in [0.3, 0.4) is 0 Å². The molecule has 6 aromatic heterocycles. The topological polar surface area (TPSA) is 341 Å². The fourth-order valence-corrected chi connectivity index (χ4v) is 17.2. The number of hydrogen-bond donors (Lipinski definition) is 5. The van der Waals surface area contributed by atoms with Crippen molar-refractivity contribution in [3.05, 3.63) is 259 Å². The molecule has 0 saturated heterocycles. The Balaban J connectivity index is 0.000000142. The number of anilines is 4. The average molecular weight is 1770 g/mol. The van der Waals surface area contributed by atoms with Crippen LogP contribution in [-0.2, 0) is 56.7 Å². The van der Waals surface area contributed by atoms with Gasteiger partial charge < -0.3 is 81.9 Å². The highest BCUT2D eigenvalue weighted by atomic mass is 35.5. The molecule has 0 aliphatic carbocycles. The van der Waals surface area contributed by atoms with Crippen LogP contribution in [0.5, 0.6) is 11.5 Å². The number of pyridine rings is 5. The summed E-state index contributed by atoms with van der Waals surface area (Å²) in [6.07, 6.45) is 5.10. The summed E-state index contributed by atoms with van der Waals surface area (Å²) < 4.78 is 38.2. The van der Waals surface area contributed by atoms with E-state index in [0.717, 1.165) is 38.4 Å². The zero-order valence-electron chi connectivity index (χ0n) is 70.2. The van der Waals surface area contributed by atoms with Crippen molar-refractivity contribution in [2.45, 2.75) is 58.4 Å². The molecule has 0 bridgehead atoms. The van der Waals surface area contributed by atoms with Crippen LogP contribution < -0.4 is 56.2 Å². The van der Waals surface area contributed by atoms with Crippen LogP contribution in [0, 0.1) is 26.6 Å². The maximum absolute atomic E-state index is 14.4. The maximum Gasteiger partial charge on any atom is 0.323 e. The second-order valence-electron chi connectivity index (χ2n) is 30.1. The van der Waals surface area contributed by atoms with Gasteiger partial charge in [0.25, 0.3) is 0 Å². The van der Waals surface area contributed by atoms with Crippen molar-refractivity contribution in [2.24, 2.45) is 0 Å². The number of furan rings is 1. The van der Waals surface area contributed by atoms with E-state index in [1.807, 2.05) is 123 Å². The van der Waals surface area contributed by atoms with Gasteiger partial charge in [0.05, 0.1) is 120 Å². The van der Waals surface area contributed by atoms with Crippen molar-refractivity contribution >= 4 is 208 Å². The smallest absolute Gasteiger partial charge is 0.323 e. The Morgan fingerprint density at radius 3 is 1.18 bits per heavy atom. The van der Waals surface area contributed by atoms with Crippen LogP contribution in [0.2, 0.25) is 15.1 Å². The van der Waals surface area contributed by atoms with E-state index in [1.165, 1.54) is 53.3 Å². The molecule has 0 saturated carbocycles. The average Bonchev–Trinajstić information content (AvgIpc) is 1.12. The molecule has 32 heteroatoms. The van der Waals surface area contributed by atoms with E-state index >= 15 is 0 Å². The van der Waals surface area contributed by atoms with Gasteiger partial charge in [-0.3, -0.25) is 47.9 Å². The van der Waals surface area contributed by atoms with E-state index in [2.05, 4.69) is 0 Å². The van der Waals surface area contributed by atoms with Gasteiger partial charge in [-0.15, -0.1) is 11.8 Å². The number of methoxy groups -OCH3 is 2. The van der Waals surface area contributed by atoms with Gasteiger partial charge in [-0.05, 0) is 171 Å². The fraction of sp³-hybridized carbons (Fsp3) is 0.204. The molecule has 16 rings (SSSR count). The molecule has 0 amide bonds. The van der Waals surface area contributed by atoms with Crippen molar-refractivity contribution < 1.29 is 67.8 Å². The number of fused-ring (bicyclic) bond motifs is 10. The number of rotatable bonds is 18. The van der Waals surface area contributed by atoms with E-state index in [9.17, 15) is 77.9 Å². The number of aliphatic carboxylic acids is 5. The van der Waals surface area contributed by atoms with Crippen molar-refractivity contribution in [2.75, 3.05) is 96.5 Å². The first-order chi connectivity index (χ1) is 59.3. The molecule has 0 unspecified atom stereocenters. The number of halogens is 4. The zero-order valence-corrected chi connectivity index (χ0v) is 73.3. The Bertz CT molecular complexity index is 7300. The van der Waals surface area contributed by atoms with Gasteiger partial charge in [0.1, 0.15) is 49.3 Å². The minimum Gasteiger partial charge on any atom is -0.495 e. The van der Waals surface area contributed by atoms with Crippen molar-refractivity contribution in [1.29, 1.82) is 0 Å². The third kappa shape index (κ3) is 17.6. The lowest BCUT2D eigenvalue weighted by Gasteiger charge is -2.22.